The third kappa shape index (κ3) is 3.27. The molecule has 0 amide bonds. The number of halogens is 1. The highest BCUT2D eigenvalue weighted by Crippen LogP contribution is 2.35. The first kappa shape index (κ1) is 16.5. The van der Waals surface area contributed by atoms with Crippen molar-refractivity contribution in [3.8, 4) is 0 Å². The number of hydrogen-bond acceptors (Lipinski definition) is 4. The van der Waals surface area contributed by atoms with Crippen LogP contribution in [0.15, 0.2) is 48.9 Å². The molecule has 4 heterocycles. The Labute approximate surface area is 152 Å². The molecule has 0 spiro atoms. The van der Waals surface area contributed by atoms with Crippen LogP contribution in [0.1, 0.15) is 23.7 Å². The SMILES string of the molecule is CN1CC[C@@H](CNCc2c(Cl)nc3ccccn23)[C@@H]1c1cccnc1. The molecule has 6 heteroatoms. The van der Waals surface area contributed by atoms with Gasteiger partial charge in [0.05, 0.1) is 5.69 Å². The molecule has 0 aromatic carbocycles. The number of rotatable bonds is 5. The zero-order chi connectivity index (χ0) is 17.2. The van der Waals surface area contributed by atoms with Gasteiger partial charge in [-0.2, -0.15) is 0 Å². The second-order valence-corrected chi connectivity index (χ2v) is 7.03. The minimum Gasteiger partial charge on any atom is -0.311 e. The lowest BCUT2D eigenvalue weighted by atomic mass is 9.95. The summed E-state index contributed by atoms with van der Waals surface area (Å²) in [5, 5.41) is 4.17. The van der Waals surface area contributed by atoms with Gasteiger partial charge < -0.3 is 9.72 Å². The average Bonchev–Trinajstić information content (AvgIpc) is 3.16. The number of aromatic nitrogens is 3. The average molecular weight is 356 g/mol. The Balaban J connectivity index is 1.45. The van der Waals surface area contributed by atoms with E-state index < -0.39 is 0 Å². The molecule has 3 aromatic rings. The van der Waals surface area contributed by atoms with E-state index >= 15 is 0 Å². The summed E-state index contributed by atoms with van der Waals surface area (Å²) in [4.78, 5) is 11.1. The van der Waals surface area contributed by atoms with Gasteiger partial charge in [0.25, 0.3) is 0 Å². The van der Waals surface area contributed by atoms with Crippen molar-refractivity contribution in [3.05, 3.63) is 65.3 Å². The van der Waals surface area contributed by atoms with E-state index in [1.165, 1.54) is 12.0 Å². The summed E-state index contributed by atoms with van der Waals surface area (Å²) in [6, 6.07) is 10.6. The highest BCUT2D eigenvalue weighted by molar-refractivity contribution is 6.30. The molecule has 1 fully saturated rings. The van der Waals surface area contributed by atoms with E-state index in [0.29, 0.717) is 23.7 Å². The molecule has 3 aromatic heterocycles. The van der Waals surface area contributed by atoms with Crippen molar-refractivity contribution in [3.63, 3.8) is 0 Å². The molecular formula is C19H22ClN5. The summed E-state index contributed by atoms with van der Waals surface area (Å²) in [7, 11) is 2.19. The van der Waals surface area contributed by atoms with Crippen LogP contribution in [0.2, 0.25) is 5.15 Å². The summed E-state index contributed by atoms with van der Waals surface area (Å²) in [6.07, 6.45) is 7.01. The number of pyridine rings is 2. The van der Waals surface area contributed by atoms with Crippen LogP contribution in [0.25, 0.3) is 5.65 Å². The molecule has 1 saturated heterocycles. The Morgan fingerprint density at radius 1 is 1.28 bits per heavy atom. The van der Waals surface area contributed by atoms with E-state index in [2.05, 4.69) is 37.7 Å². The fourth-order valence-corrected chi connectivity index (χ4v) is 4.11. The summed E-state index contributed by atoms with van der Waals surface area (Å²) < 4.78 is 2.05. The maximum atomic E-state index is 6.32. The number of imidazole rings is 1. The summed E-state index contributed by atoms with van der Waals surface area (Å²) in [5.41, 5.74) is 3.20. The van der Waals surface area contributed by atoms with E-state index in [9.17, 15) is 0 Å². The van der Waals surface area contributed by atoms with Gasteiger partial charge in [-0.3, -0.25) is 9.88 Å². The van der Waals surface area contributed by atoms with Crippen molar-refractivity contribution >= 4 is 17.2 Å². The van der Waals surface area contributed by atoms with Crippen LogP contribution in [-0.2, 0) is 6.54 Å². The second-order valence-electron chi connectivity index (χ2n) is 6.67. The first-order chi connectivity index (χ1) is 12.2. The minimum absolute atomic E-state index is 0.416. The normalized spacial score (nSPS) is 21.2. The van der Waals surface area contributed by atoms with E-state index in [1.807, 2.05) is 42.9 Å². The second kappa shape index (κ2) is 7.12. The first-order valence-electron chi connectivity index (χ1n) is 8.66. The maximum absolute atomic E-state index is 6.32. The third-order valence-corrected chi connectivity index (χ3v) is 5.38. The van der Waals surface area contributed by atoms with Crippen molar-refractivity contribution in [2.45, 2.75) is 19.0 Å². The van der Waals surface area contributed by atoms with Crippen LogP contribution < -0.4 is 5.32 Å². The molecule has 0 bridgehead atoms. The van der Waals surface area contributed by atoms with Crippen LogP contribution in [0.4, 0.5) is 0 Å². The van der Waals surface area contributed by atoms with Gasteiger partial charge in [0.2, 0.25) is 0 Å². The molecule has 0 aliphatic carbocycles. The summed E-state index contributed by atoms with van der Waals surface area (Å²) in [6.45, 7) is 2.77. The van der Waals surface area contributed by atoms with Crippen LogP contribution >= 0.6 is 11.6 Å². The lowest BCUT2D eigenvalue weighted by Gasteiger charge is -2.25. The van der Waals surface area contributed by atoms with Crippen molar-refractivity contribution in [1.82, 2.24) is 24.6 Å². The molecule has 2 atom stereocenters. The molecular weight excluding hydrogens is 334 g/mol. The fourth-order valence-electron chi connectivity index (χ4n) is 3.87. The molecule has 25 heavy (non-hydrogen) atoms. The summed E-state index contributed by atoms with van der Waals surface area (Å²) >= 11 is 6.32. The van der Waals surface area contributed by atoms with E-state index in [0.717, 1.165) is 24.4 Å². The molecule has 5 nitrogen and oxygen atoms in total. The van der Waals surface area contributed by atoms with Crippen LogP contribution in [-0.4, -0.2) is 39.4 Å². The monoisotopic (exact) mass is 355 g/mol. The largest absolute Gasteiger partial charge is 0.311 e. The number of likely N-dealkylation sites (tertiary alicyclic amines) is 1. The Morgan fingerprint density at radius 3 is 3.04 bits per heavy atom. The van der Waals surface area contributed by atoms with Crippen molar-refractivity contribution in [1.29, 1.82) is 0 Å². The molecule has 1 N–H and O–H groups in total. The number of fused-ring (bicyclic) bond motifs is 1. The van der Waals surface area contributed by atoms with Crippen molar-refractivity contribution in [2.24, 2.45) is 5.92 Å². The zero-order valence-corrected chi connectivity index (χ0v) is 15.0. The van der Waals surface area contributed by atoms with E-state index in [4.69, 9.17) is 11.6 Å². The fraction of sp³-hybridized carbons (Fsp3) is 0.368. The quantitative estimate of drug-likeness (QED) is 0.763. The smallest absolute Gasteiger partial charge is 0.152 e. The lowest BCUT2D eigenvalue weighted by Crippen LogP contribution is -2.28. The van der Waals surface area contributed by atoms with Gasteiger partial charge in [-0.05, 0) is 49.7 Å². The molecule has 1 aliphatic heterocycles. The van der Waals surface area contributed by atoms with Gasteiger partial charge >= 0.3 is 0 Å². The number of hydrogen-bond donors (Lipinski definition) is 1. The van der Waals surface area contributed by atoms with Gasteiger partial charge in [0.15, 0.2) is 5.15 Å². The predicted octanol–water partition coefficient (Wildman–Crippen LogP) is 3.17. The number of nitrogens with one attached hydrogen (secondary N) is 1. The topological polar surface area (TPSA) is 45.5 Å². The molecule has 0 radical (unpaired) electrons. The molecule has 0 saturated carbocycles. The zero-order valence-electron chi connectivity index (χ0n) is 14.3. The Hall–Kier alpha value is -1.95. The van der Waals surface area contributed by atoms with Gasteiger partial charge in [-0.25, -0.2) is 4.98 Å². The van der Waals surface area contributed by atoms with Crippen LogP contribution in [0.5, 0.6) is 0 Å². The molecule has 1 aliphatic rings. The standard InChI is InChI=1S/C19H22ClN5/c1-24-10-7-15(18(24)14-5-4-8-21-11-14)12-22-13-16-19(20)23-17-6-2-3-9-25(16)17/h2-6,8-9,11,15,18,22H,7,10,12-13H2,1H3/t15-,18-/m0/s1. The molecule has 0 unspecified atom stereocenters. The number of nitrogens with zero attached hydrogens (tertiary/aromatic N) is 4. The van der Waals surface area contributed by atoms with Crippen molar-refractivity contribution in [2.75, 3.05) is 20.1 Å². The van der Waals surface area contributed by atoms with E-state index in [-0.39, 0.29) is 0 Å². The predicted molar refractivity (Wildman–Crippen MR) is 99.6 cm³/mol. The highest BCUT2D eigenvalue weighted by Gasteiger charge is 2.32. The van der Waals surface area contributed by atoms with Crippen molar-refractivity contribution < 1.29 is 0 Å². The maximum Gasteiger partial charge on any atom is 0.152 e. The molecule has 130 valence electrons. The minimum atomic E-state index is 0.416. The highest BCUT2D eigenvalue weighted by atomic mass is 35.5. The Kier molecular flexibility index (Phi) is 4.70. The molecule has 4 rings (SSSR count). The third-order valence-electron chi connectivity index (χ3n) is 5.08. The van der Waals surface area contributed by atoms with E-state index in [1.54, 1.807) is 0 Å². The summed E-state index contributed by atoms with van der Waals surface area (Å²) in [5.74, 6) is 0.562. The lowest BCUT2D eigenvalue weighted by molar-refractivity contribution is 0.271. The van der Waals surface area contributed by atoms with Gasteiger partial charge in [-0.15, -0.1) is 0 Å². The van der Waals surface area contributed by atoms with Gasteiger partial charge in [0, 0.05) is 37.7 Å². The van der Waals surface area contributed by atoms with Gasteiger partial charge in [-0.1, -0.05) is 23.7 Å². The van der Waals surface area contributed by atoms with Crippen LogP contribution in [0.3, 0.4) is 0 Å². The first-order valence-corrected chi connectivity index (χ1v) is 9.04. The Morgan fingerprint density at radius 2 is 2.20 bits per heavy atom. The Bertz CT molecular complexity index is 847. The van der Waals surface area contributed by atoms with Crippen LogP contribution in [0, 0.1) is 5.92 Å². The van der Waals surface area contributed by atoms with Gasteiger partial charge in [0.1, 0.15) is 5.65 Å².